The van der Waals surface area contributed by atoms with Crippen LogP contribution in [0.3, 0.4) is 0 Å². The Labute approximate surface area is 139 Å². The number of rotatable bonds is 5. The van der Waals surface area contributed by atoms with Crippen LogP contribution in [0.15, 0.2) is 24.3 Å². The standard InChI is InChI=1S/C16H20ClNO5/c1-15(22,14(20)21)10-18-13(19)16(6-8-23-9-7-16)11-4-2-3-5-12(11)17/h2-5,22H,6-10H2,1H3,(H,18,19)(H,20,21). The molecule has 1 aromatic rings. The zero-order valence-corrected chi connectivity index (χ0v) is 13.6. The average molecular weight is 342 g/mol. The van der Waals surface area contributed by atoms with Crippen LogP contribution in [-0.2, 0) is 19.7 Å². The van der Waals surface area contributed by atoms with Crippen molar-refractivity contribution in [1.29, 1.82) is 0 Å². The highest BCUT2D eigenvalue weighted by Crippen LogP contribution is 2.38. The Bertz CT molecular complexity index is 596. The Morgan fingerprint density at radius 1 is 1.35 bits per heavy atom. The fourth-order valence-corrected chi connectivity index (χ4v) is 3.00. The molecule has 0 bridgehead atoms. The number of ether oxygens (including phenoxy) is 1. The molecule has 0 spiro atoms. The quantitative estimate of drug-likeness (QED) is 0.751. The van der Waals surface area contributed by atoms with Crippen LogP contribution >= 0.6 is 11.6 Å². The van der Waals surface area contributed by atoms with Gasteiger partial charge in [0.1, 0.15) is 0 Å². The van der Waals surface area contributed by atoms with Gasteiger partial charge >= 0.3 is 5.97 Å². The second-order valence-corrected chi connectivity index (χ2v) is 6.34. The maximum absolute atomic E-state index is 12.8. The number of aliphatic hydroxyl groups is 1. The number of aliphatic carboxylic acids is 1. The molecule has 6 nitrogen and oxygen atoms in total. The summed E-state index contributed by atoms with van der Waals surface area (Å²) in [7, 11) is 0. The Morgan fingerprint density at radius 2 is 1.96 bits per heavy atom. The van der Waals surface area contributed by atoms with Crippen LogP contribution < -0.4 is 5.32 Å². The van der Waals surface area contributed by atoms with E-state index >= 15 is 0 Å². The van der Waals surface area contributed by atoms with Gasteiger partial charge in [-0.3, -0.25) is 4.79 Å². The van der Waals surface area contributed by atoms with E-state index in [4.69, 9.17) is 21.4 Å². The lowest BCUT2D eigenvalue weighted by Crippen LogP contribution is -2.53. The van der Waals surface area contributed by atoms with E-state index in [2.05, 4.69) is 5.32 Å². The molecule has 2 rings (SSSR count). The fraction of sp³-hybridized carbons (Fsp3) is 0.500. The zero-order chi connectivity index (χ0) is 17.1. The number of hydrogen-bond donors (Lipinski definition) is 3. The Morgan fingerprint density at radius 3 is 2.52 bits per heavy atom. The average Bonchev–Trinajstić information content (AvgIpc) is 2.53. The van der Waals surface area contributed by atoms with Crippen molar-refractivity contribution in [3.63, 3.8) is 0 Å². The van der Waals surface area contributed by atoms with Crippen LogP contribution in [0.1, 0.15) is 25.3 Å². The Balaban J connectivity index is 2.27. The zero-order valence-electron chi connectivity index (χ0n) is 12.8. The number of hydrogen-bond acceptors (Lipinski definition) is 4. The first-order valence-corrected chi connectivity index (χ1v) is 7.74. The summed E-state index contributed by atoms with van der Waals surface area (Å²) in [6, 6.07) is 7.10. The van der Waals surface area contributed by atoms with E-state index in [-0.39, 0.29) is 12.5 Å². The second kappa shape index (κ2) is 6.86. The molecule has 0 aliphatic carbocycles. The summed E-state index contributed by atoms with van der Waals surface area (Å²) in [6.07, 6.45) is 0.884. The van der Waals surface area contributed by atoms with Gasteiger partial charge in [-0.2, -0.15) is 0 Å². The summed E-state index contributed by atoms with van der Waals surface area (Å²) in [6.45, 7) is 1.58. The maximum atomic E-state index is 12.8. The number of benzene rings is 1. The third-order valence-corrected chi connectivity index (χ3v) is 4.55. The third-order valence-electron chi connectivity index (χ3n) is 4.22. The molecule has 1 amide bonds. The molecule has 1 aliphatic rings. The van der Waals surface area contributed by atoms with Gasteiger partial charge in [-0.25, -0.2) is 4.79 Å². The maximum Gasteiger partial charge on any atom is 0.337 e. The minimum Gasteiger partial charge on any atom is -0.479 e. The highest BCUT2D eigenvalue weighted by atomic mass is 35.5. The molecule has 1 aliphatic heterocycles. The highest BCUT2D eigenvalue weighted by Gasteiger charge is 2.44. The van der Waals surface area contributed by atoms with Gasteiger partial charge < -0.3 is 20.3 Å². The molecule has 7 heteroatoms. The Hall–Kier alpha value is -1.63. The van der Waals surface area contributed by atoms with Crippen LogP contribution in [0.25, 0.3) is 0 Å². The van der Waals surface area contributed by atoms with Gasteiger partial charge in [-0.1, -0.05) is 29.8 Å². The SMILES string of the molecule is CC(O)(CNC(=O)C1(c2ccccc2Cl)CCOCC1)C(=O)O. The van der Waals surface area contributed by atoms with Crippen molar-refractivity contribution in [2.45, 2.75) is 30.8 Å². The predicted molar refractivity (Wildman–Crippen MR) is 84.5 cm³/mol. The molecule has 1 fully saturated rings. The normalized spacial score (nSPS) is 19.6. The van der Waals surface area contributed by atoms with E-state index in [1.54, 1.807) is 24.3 Å². The molecule has 1 saturated heterocycles. The lowest BCUT2D eigenvalue weighted by atomic mass is 9.73. The summed E-state index contributed by atoms with van der Waals surface area (Å²) in [5, 5.41) is 21.8. The van der Waals surface area contributed by atoms with Crippen molar-refractivity contribution < 1.29 is 24.5 Å². The van der Waals surface area contributed by atoms with Gasteiger partial charge in [-0.05, 0) is 31.4 Å². The van der Waals surface area contributed by atoms with E-state index in [1.165, 1.54) is 0 Å². The van der Waals surface area contributed by atoms with E-state index in [9.17, 15) is 14.7 Å². The molecule has 126 valence electrons. The van der Waals surface area contributed by atoms with E-state index in [0.717, 1.165) is 6.92 Å². The number of halogens is 1. The predicted octanol–water partition coefficient (Wildman–Crippen LogP) is 1.34. The van der Waals surface area contributed by atoms with E-state index in [1.807, 2.05) is 0 Å². The number of amides is 1. The molecule has 0 aromatic heterocycles. The lowest BCUT2D eigenvalue weighted by molar-refractivity contribution is -0.156. The first kappa shape index (κ1) is 17.7. The fourth-order valence-electron chi connectivity index (χ4n) is 2.69. The van der Waals surface area contributed by atoms with Gasteiger partial charge in [0.05, 0.1) is 12.0 Å². The van der Waals surface area contributed by atoms with E-state index < -0.39 is 17.0 Å². The molecular weight excluding hydrogens is 322 g/mol. The molecule has 0 saturated carbocycles. The van der Waals surface area contributed by atoms with Crippen molar-refractivity contribution >= 4 is 23.5 Å². The van der Waals surface area contributed by atoms with E-state index in [0.29, 0.717) is 36.6 Å². The van der Waals surface area contributed by atoms with Crippen molar-refractivity contribution in [2.75, 3.05) is 19.8 Å². The lowest BCUT2D eigenvalue weighted by Gasteiger charge is -2.37. The summed E-state index contributed by atoms with van der Waals surface area (Å²) < 4.78 is 5.35. The van der Waals surface area contributed by atoms with Crippen LogP contribution in [-0.4, -0.2) is 47.4 Å². The van der Waals surface area contributed by atoms with Gasteiger partial charge in [-0.15, -0.1) is 0 Å². The van der Waals surface area contributed by atoms with Crippen LogP contribution in [0.2, 0.25) is 5.02 Å². The number of carbonyl (C=O) groups excluding carboxylic acids is 1. The van der Waals surface area contributed by atoms with Gasteiger partial charge in [0, 0.05) is 18.2 Å². The molecule has 1 heterocycles. The highest BCUT2D eigenvalue weighted by molar-refractivity contribution is 6.31. The van der Waals surface area contributed by atoms with Crippen LogP contribution in [0.4, 0.5) is 0 Å². The molecule has 0 radical (unpaired) electrons. The summed E-state index contributed by atoms with van der Waals surface area (Å²) in [4.78, 5) is 23.8. The minimum absolute atomic E-state index is 0.351. The molecule has 1 atom stereocenters. The summed E-state index contributed by atoms with van der Waals surface area (Å²) in [5.74, 6) is -1.74. The monoisotopic (exact) mass is 341 g/mol. The van der Waals surface area contributed by atoms with Gasteiger partial charge in [0.15, 0.2) is 5.60 Å². The van der Waals surface area contributed by atoms with Gasteiger partial charge in [0.25, 0.3) is 0 Å². The number of carbonyl (C=O) groups is 2. The molecule has 23 heavy (non-hydrogen) atoms. The van der Waals surface area contributed by atoms with Gasteiger partial charge in [0.2, 0.25) is 5.91 Å². The first-order valence-electron chi connectivity index (χ1n) is 7.36. The third kappa shape index (κ3) is 3.65. The van der Waals surface area contributed by atoms with Crippen molar-refractivity contribution in [1.82, 2.24) is 5.32 Å². The Kier molecular flexibility index (Phi) is 5.29. The number of nitrogens with one attached hydrogen (secondary N) is 1. The smallest absolute Gasteiger partial charge is 0.337 e. The number of carboxylic acid groups (broad SMARTS) is 1. The molecular formula is C16H20ClNO5. The van der Waals surface area contributed by atoms with Crippen molar-refractivity contribution in [3.8, 4) is 0 Å². The molecule has 1 aromatic carbocycles. The largest absolute Gasteiger partial charge is 0.479 e. The van der Waals surface area contributed by atoms with Crippen molar-refractivity contribution in [2.24, 2.45) is 0 Å². The second-order valence-electron chi connectivity index (χ2n) is 5.94. The number of carboxylic acids is 1. The minimum atomic E-state index is -2.03. The van der Waals surface area contributed by atoms with Crippen LogP contribution in [0.5, 0.6) is 0 Å². The topological polar surface area (TPSA) is 95.9 Å². The van der Waals surface area contributed by atoms with Crippen molar-refractivity contribution in [3.05, 3.63) is 34.9 Å². The summed E-state index contributed by atoms with van der Waals surface area (Å²) in [5.41, 5.74) is -2.22. The summed E-state index contributed by atoms with van der Waals surface area (Å²) >= 11 is 6.27. The first-order chi connectivity index (χ1) is 10.8. The molecule has 1 unspecified atom stereocenters. The van der Waals surface area contributed by atoms with Crippen LogP contribution in [0, 0.1) is 0 Å². The molecule has 3 N–H and O–H groups in total.